The first-order chi connectivity index (χ1) is 19.7. The Balaban J connectivity index is 1.30. The van der Waals surface area contributed by atoms with Crippen LogP contribution in [0.2, 0.25) is 0 Å². The van der Waals surface area contributed by atoms with E-state index in [0.717, 1.165) is 23.4 Å². The van der Waals surface area contributed by atoms with Crippen molar-refractivity contribution in [2.24, 2.45) is 0 Å². The minimum atomic E-state index is -3.80. The third-order valence-corrected chi connectivity index (χ3v) is 10.6. The van der Waals surface area contributed by atoms with Gasteiger partial charge in [0.25, 0.3) is 11.8 Å². The van der Waals surface area contributed by atoms with Gasteiger partial charge in [-0.2, -0.15) is 4.31 Å². The average Bonchev–Trinajstić information content (AvgIpc) is 3.34. The summed E-state index contributed by atoms with van der Waals surface area (Å²) in [6.07, 6.45) is 0.276. The van der Waals surface area contributed by atoms with Crippen LogP contribution in [0.5, 0.6) is 0 Å². The number of carbonyl (C=O) groups is 3. The van der Waals surface area contributed by atoms with Crippen LogP contribution in [0, 0.1) is 0 Å². The highest BCUT2D eigenvalue weighted by atomic mass is 32.2. The molecule has 41 heavy (non-hydrogen) atoms. The molecule has 12 nitrogen and oxygen atoms in total. The summed E-state index contributed by atoms with van der Waals surface area (Å²) in [5.41, 5.74) is 1.82. The predicted molar refractivity (Wildman–Crippen MR) is 153 cm³/mol. The van der Waals surface area contributed by atoms with Crippen LogP contribution in [-0.2, 0) is 32.5 Å². The van der Waals surface area contributed by atoms with Crippen molar-refractivity contribution in [2.45, 2.75) is 24.8 Å². The number of sulfonamides is 1. The zero-order valence-corrected chi connectivity index (χ0v) is 24.9. The van der Waals surface area contributed by atoms with Gasteiger partial charge < -0.3 is 29.5 Å². The van der Waals surface area contributed by atoms with Gasteiger partial charge in [-0.15, -0.1) is 11.3 Å². The number of hydrogen-bond donors (Lipinski definition) is 1. The van der Waals surface area contributed by atoms with E-state index in [1.165, 1.54) is 44.8 Å². The van der Waals surface area contributed by atoms with Gasteiger partial charge in [-0.05, 0) is 50.2 Å². The molecule has 1 N–H and O–H groups in total. The van der Waals surface area contributed by atoms with Crippen molar-refractivity contribution in [3.8, 4) is 0 Å². The van der Waals surface area contributed by atoms with Crippen LogP contribution < -0.4 is 5.32 Å². The molecule has 5 rings (SSSR count). The van der Waals surface area contributed by atoms with Gasteiger partial charge in [0, 0.05) is 62.8 Å². The van der Waals surface area contributed by atoms with E-state index in [4.69, 9.17) is 9.47 Å². The van der Waals surface area contributed by atoms with Gasteiger partial charge in [-0.1, -0.05) is 0 Å². The summed E-state index contributed by atoms with van der Waals surface area (Å²) in [5, 5.41) is 3.46. The standard InChI is InChI=1S/C27H35N5O7S2/c1-3-39-27(35)31-10-12-32(13-11-31)41(36,37)20-6-4-19(5-7-20)24(33)28-25-23(26(34)30-14-16-38-17-15-30)21-8-9-29(2)18-22(21)40-25/h4-7H,3,8-18H2,1-2H3,(H,28,33). The van der Waals surface area contributed by atoms with Crippen molar-refractivity contribution in [3.63, 3.8) is 0 Å². The predicted octanol–water partition coefficient (Wildman–Crippen LogP) is 1.92. The molecule has 1 aromatic carbocycles. The monoisotopic (exact) mass is 605 g/mol. The third kappa shape index (κ3) is 6.26. The number of morpholine rings is 1. The number of piperazine rings is 1. The summed E-state index contributed by atoms with van der Waals surface area (Å²) >= 11 is 1.42. The lowest BCUT2D eigenvalue weighted by molar-refractivity contribution is 0.0303. The number of anilines is 1. The van der Waals surface area contributed by atoms with Crippen LogP contribution >= 0.6 is 11.3 Å². The molecule has 2 aromatic rings. The summed E-state index contributed by atoms with van der Waals surface area (Å²) in [5.74, 6) is -0.518. The molecule has 0 radical (unpaired) electrons. The first kappa shape index (κ1) is 29.5. The molecule has 0 atom stereocenters. The van der Waals surface area contributed by atoms with E-state index in [1.54, 1.807) is 11.8 Å². The maximum atomic E-state index is 13.6. The molecule has 4 heterocycles. The van der Waals surface area contributed by atoms with Crippen LogP contribution in [0.1, 0.15) is 38.1 Å². The molecule has 3 aliphatic rings. The molecule has 0 bridgehead atoms. The highest BCUT2D eigenvalue weighted by Crippen LogP contribution is 2.38. The minimum absolute atomic E-state index is 0.0662. The molecule has 3 amide bonds. The number of fused-ring (bicyclic) bond motifs is 1. The Morgan fingerprint density at radius 1 is 0.976 bits per heavy atom. The average molecular weight is 606 g/mol. The lowest BCUT2D eigenvalue weighted by Crippen LogP contribution is -2.50. The normalized spacial score (nSPS) is 18.6. The molecular weight excluding hydrogens is 570 g/mol. The fourth-order valence-electron chi connectivity index (χ4n) is 5.20. The Labute approximate surface area is 243 Å². The summed E-state index contributed by atoms with van der Waals surface area (Å²) in [7, 11) is -1.77. The quantitative estimate of drug-likeness (QED) is 0.529. The molecule has 0 spiro atoms. The molecule has 3 aliphatic heterocycles. The number of carbonyl (C=O) groups excluding carboxylic acids is 3. The van der Waals surface area contributed by atoms with Gasteiger partial charge in [0.1, 0.15) is 5.00 Å². The summed E-state index contributed by atoms with van der Waals surface area (Å²) < 4.78 is 38.1. The Morgan fingerprint density at radius 3 is 2.32 bits per heavy atom. The van der Waals surface area contributed by atoms with Crippen molar-refractivity contribution in [2.75, 3.05) is 78.0 Å². The number of likely N-dealkylation sites (N-methyl/N-ethyl adjacent to an activating group) is 1. The van der Waals surface area contributed by atoms with Gasteiger partial charge in [0.2, 0.25) is 10.0 Å². The highest BCUT2D eigenvalue weighted by molar-refractivity contribution is 7.89. The van der Waals surface area contributed by atoms with Crippen LogP contribution in [-0.4, -0.2) is 118 Å². The minimum Gasteiger partial charge on any atom is -0.450 e. The van der Waals surface area contributed by atoms with Crippen molar-refractivity contribution >= 4 is 44.3 Å². The lowest BCUT2D eigenvalue weighted by atomic mass is 10.0. The molecule has 222 valence electrons. The van der Waals surface area contributed by atoms with E-state index in [-0.39, 0.29) is 49.2 Å². The van der Waals surface area contributed by atoms with Crippen LogP contribution in [0.15, 0.2) is 29.2 Å². The first-order valence-corrected chi connectivity index (χ1v) is 16.0. The van der Waals surface area contributed by atoms with Gasteiger partial charge in [0.15, 0.2) is 0 Å². The second-order valence-corrected chi connectivity index (χ2v) is 13.2. The van der Waals surface area contributed by atoms with Crippen LogP contribution in [0.25, 0.3) is 0 Å². The first-order valence-electron chi connectivity index (χ1n) is 13.7. The SMILES string of the molecule is CCOC(=O)N1CCN(S(=O)(=O)c2ccc(C(=O)Nc3sc4c(c3C(=O)N3CCOCC3)CCN(C)C4)cc2)CC1. The highest BCUT2D eigenvalue weighted by Gasteiger charge is 2.32. The summed E-state index contributed by atoms with van der Waals surface area (Å²) in [6.45, 7) is 6.29. The van der Waals surface area contributed by atoms with E-state index in [2.05, 4.69) is 10.2 Å². The van der Waals surface area contributed by atoms with Gasteiger partial charge >= 0.3 is 6.09 Å². The Kier molecular flexibility index (Phi) is 8.94. The molecule has 0 aliphatic carbocycles. The maximum absolute atomic E-state index is 13.6. The number of thiophene rings is 1. The molecular formula is C27H35N5O7S2. The number of ether oxygens (including phenoxy) is 2. The largest absolute Gasteiger partial charge is 0.450 e. The number of benzene rings is 1. The number of nitrogens with zero attached hydrogens (tertiary/aromatic N) is 4. The topological polar surface area (TPSA) is 129 Å². The van der Waals surface area contributed by atoms with Crippen molar-refractivity contribution in [3.05, 3.63) is 45.8 Å². The second kappa shape index (κ2) is 12.4. The summed E-state index contributed by atoms with van der Waals surface area (Å²) in [4.78, 5) is 45.4. The molecule has 2 fully saturated rings. The zero-order valence-electron chi connectivity index (χ0n) is 23.3. The van der Waals surface area contributed by atoms with E-state index < -0.39 is 22.0 Å². The molecule has 2 saturated heterocycles. The Morgan fingerprint density at radius 2 is 1.66 bits per heavy atom. The number of nitrogens with one attached hydrogen (secondary N) is 1. The van der Waals surface area contributed by atoms with E-state index in [0.29, 0.717) is 43.4 Å². The maximum Gasteiger partial charge on any atom is 0.409 e. The van der Waals surface area contributed by atoms with Gasteiger partial charge in [-0.3, -0.25) is 9.59 Å². The Bertz CT molecular complexity index is 1400. The number of amides is 3. The molecule has 14 heteroatoms. The molecule has 0 unspecified atom stereocenters. The molecule has 0 saturated carbocycles. The Hall–Kier alpha value is -3.04. The fraction of sp³-hybridized carbons (Fsp3) is 0.519. The van der Waals surface area contributed by atoms with Gasteiger partial charge in [-0.25, -0.2) is 13.2 Å². The van der Waals surface area contributed by atoms with E-state index >= 15 is 0 Å². The number of hydrogen-bond acceptors (Lipinski definition) is 9. The molecule has 1 aromatic heterocycles. The second-order valence-electron chi connectivity index (χ2n) is 10.2. The van der Waals surface area contributed by atoms with Crippen LogP contribution in [0.4, 0.5) is 9.80 Å². The zero-order chi connectivity index (χ0) is 29.1. The third-order valence-electron chi connectivity index (χ3n) is 7.51. The van der Waals surface area contributed by atoms with Crippen molar-refractivity contribution in [1.29, 1.82) is 0 Å². The lowest BCUT2D eigenvalue weighted by Gasteiger charge is -2.33. The fourth-order valence-corrected chi connectivity index (χ4v) is 7.94. The van der Waals surface area contributed by atoms with Crippen LogP contribution in [0.3, 0.4) is 0 Å². The smallest absolute Gasteiger partial charge is 0.409 e. The van der Waals surface area contributed by atoms with Crippen molar-refractivity contribution in [1.82, 2.24) is 19.0 Å². The van der Waals surface area contributed by atoms with E-state index in [9.17, 15) is 22.8 Å². The van der Waals surface area contributed by atoms with E-state index in [1.807, 2.05) is 7.05 Å². The van der Waals surface area contributed by atoms with Gasteiger partial charge in [0.05, 0.1) is 30.3 Å². The van der Waals surface area contributed by atoms with Crippen molar-refractivity contribution < 1.29 is 32.3 Å². The summed E-state index contributed by atoms with van der Waals surface area (Å²) in [6, 6.07) is 5.77. The number of rotatable bonds is 6.